The Hall–Kier alpha value is -2.61. The van der Waals surface area contributed by atoms with Gasteiger partial charge in [-0.05, 0) is 44.9 Å². The fourth-order valence-corrected chi connectivity index (χ4v) is 3.58. The Morgan fingerprint density at radius 3 is 2.73 bits per heavy atom. The highest BCUT2D eigenvalue weighted by atomic mass is 32.2. The molecule has 2 heterocycles. The van der Waals surface area contributed by atoms with Crippen LogP contribution in [0.25, 0.3) is 5.69 Å². The average molecular weight is 371 g/mol. The molecule has 0 saturated carbocycles. The normalized spacial score (nSPS) is 12.2. The van der Waals surface area contributed by atoms with E-state index in [1.54, 1.807) is 13.0 Å². The van der Waals surface area contributed by atoms with E-state index in [0.29, 0.717) is 23.2 Å². The molecule has 136 valence electrons. The molecular weight excluding hydrogens is 350 g/mol. The van der Waals surface area contributed by atoms with Gasteiger partial charge in [-0.2, -0.15) is 0 Å². The number of amides is 1. The van der Waals surface area contributed by atoms with Gasteiger partial charge in [0.15, 0.2) is 11.0 Å². The van der Waals surface area contributed by atoms with Gasteiger partial charge >= 0.3 is 0 Å². The molecule has 3 aromatic rings. The van der Waals surface area contributed by atoms with E-state index in [9.17, 15) is 4.79 Å². The zero-order chi connectivity index (χ0) is 18.7. The van der Waals surface area contributed by atoms with Crippen molar-refractivity contribution in [3.8, 4) is 5.69 Å². The lowest BCUT2D eigenvalue weighted by Gasteiger charge is -2.14. The number of rotatable bonds is 6. The van der Waals surface area contributed by atoms with Crippen molar-refractivity contribution in [3.63, 3.8) is 0 Å². The molecule has 0 saturated heterocycles. The van der Waals surface area contributed by atoms with Gasteiger partial charge in [0, 0.05) is 11.8 Å². The summed E-state index contributed by atoms with van der Waals surface area (Å²) >= 11 is 1.39. The second-order valence-corrected chi connectivity index (χ2v) is 7.20. The number of aromatic nitrogens is 4. The van der Waals surface area contributed by atoms with Crippen LogP contribution >= 0.6 is 11.8 Å². The standard InChI is InChI=1S/C18H21N5O2S/c1-5-15(17(24)19-16-10-12(3)25-22-16)26-18-21-20-13(4)23(18)14-8-6-7-11(2)9-14/h6-10,15H,5H2,1-4H3,(H,19,22,24). The lowest BCUT2D eigenvalue weighted by molar-refractivity contribution is -0.115. The van der Waals surface area contributed by atoms with Crippen molar-refractivity contribution in [1.29, 1.82) is 0 Å². The number of thioether (sulfide) groups is 1. The van der Waals surface area contributed by atoms with Crippen molar-refractivity contribution in [2.45, 2.75) is 44.5 Å². The minimum atomic E-state index is -0.320. The minimum Gasteiger partial charge on any atom is -0.360 e. The number of aryl methyl sites for hydroxylation is 3. The van der Waals surface area contributed by atoms with Gasteiger partial charge in [0.1, 0.15) is 11.6 Å². The Balaban J connectivity index is 1.82. The van der Waals surface area contributed by atoms with Crippen LogP contribution in [0.5, 0.6) is 0 Å². The third-order valence-corrected chi connectivity index (χ3v) is 5.15. The van der Waals surface area contributed by atoms with Crippen LogP contribution in [0.3, 0.4) is 0 Å². The molecule has 3 rings (SSSR count). The van der Waals surface area contributed by atoms with Crippen molar-refractivity contribution in [2.24, 2.45) is 0 Å². The number of carbonyl (C=O) groups excluding carboxylic acids is 1. The number of nitrogens with zero attached hydrogens (tertiary/aromatic N) is 4. The highest BCUT2D eigenvalue weighted by molar-refractivity contribution is 8.00. The second kappa shape index (κ2) is 7.74. The number of anilines is 1. The molecule has 0 aliphatic heterocycles. The SMILES string of the molecule is CCC(Sc1nnc(C)n1-c1cccc(C)c1)C(=O)Nc1cc(C)on1. The van der Waals surface area contributed by atoms with E-state index in [4.69, 9.17) is 4.52 Å². The van der Waals surface area contributed by atoms with E-state index in [1.807, 2.05) is 43.5 Å². The number of nitrogens with one attached hydrogen (secondary N) is 1. The summed E-state index contributed by atoms with van der Waals surface area (Å²) < 4.78 is 6.96. The predicted molar refractivity (Wildman–Crippen MR) is 101 cm³/mol. The van der Waals surface area contributed by atoms with E-state index in [1.165, 1.54) is 11.8 Å². The first kappa shape index (κ1) is 18.2. The van der Waals surface area contributed by atoms with Crippen LogP contribution in [0.1, 0.15) is 30.5 Å². The smallest absolute Gasteiger partial charge is 0.239 e. The summed E-state index contributed by atoms with van der Waals surface area (Å²) in [6.07, 6.45) is 0.646. The monoisotopic (exact) mass is 371 g/mol. The number of benzene rings is 1. The quantitative estimate of drug-likeness (QED) is 0.665. The van der Waals surface area contributed by atoms with Crippen molar-refractivity contribution >= 4 is 23.5 Å². The predicted octanol–water partition coefficient (Wildman–Crippen LogP) is 3.69. The first-order valence-corrected chi connectivity index (χ1v) is 9.25. The van der Waals surface area contributed by atoms with E-state index < -0.39 is 0 Å². The number of carbonyl (C=O) groups is 1. The molecule has 0 bridgehead atoms. The van der Waals surface area contributed by atoms with Gasteiger partial charge in [-0.25, -0.2) is 0 Å². The van der Waals surface area contributed by atoms with Crippen LogP contribution in [0.2, 0.25) is 0 Å². The molecule has 1 N–H and O–H groups in total. The zero-order valence-electron chi connectivity index (χ0n) is 15.2. The molecule has 0 aliphatic rings. The van der Waals surface area contributed by atoms with Crippen molar-refractivity contribution < 1.29 is 9.32 Å². The lowest BCUT2D eigenvalue weighted by atomic mass is 10.2. The van der Waals surface area contributed by atoms with Crippen LogP contribution in [-0.2, 0) is 4.79 Å². The first-order valence-electron chi connectivity index (χ1n) is 8.38. The summed E-state index contributed by atoms with van der Waals surface area (Å²) in [6.45, 7) is 7.68. The number of hydrogen-bond acceptors (Lipinski definition) is 6. The van der Waals surface area contributed by atoms with Crippen molar-refractivity contribution in [3.05, 3.63) is 47.5 Å². The Bertz CT molecular complexity index is 918. The van der Waals surface area contributed by atoms with Crippen LogP contribution in [-0.4, -0.2) is 31.1 Å². The lowest BCUT2D eigenvalue weighted by Crippen LogP contribution is -2.25. The van der Waals surface area contributed by atoms with Crippen molar-refractivity contribution in [2.75, 3.05) is 5.32 Å². The Morgan fingerprint density at radius 1 is 1.27 bits per heavy atom. The maximum Gasteiger partial charge on any atom is 0.239 e. The van der Waals surface area contributed by atoms with Gasteiger partial charge in [-0.15, -0.1) is 10.2 Å². The largest absolute Gasteiger partial charge is 0.360 e. The van der Waals surface area contributed by atoms with Gasteiger partial charge in [0.25, 0.3) is 0 Å². The molecule has 26 heavy (non-hydrogen) atoms. The molecule has 0 spiro atoms. The molecule has 8 heteroatoms. The fourth-order valence-electron chi connectivity index (χ4n) is 2.57. The van der Waals surface area contributed by atoms with E-state index in [2.05, 4.69) is 26.7 Å². The minimum absolute atomic E-state index is 0.137. The fraction of sp³-hybridized carbons (Fsp3) is 0.333. The van der Waals surface area contributed by atoms with Gasteiger partial charge < -0.3 is 9.84 Å². The second-order valence-electron chi connectivity index (χ2n) is 6.03. The van der Waals surface area contributed by atoms with Gasteiger partial charge in [-0.1, -0.05) is 36.0 Å². The highest BCUT2D eigenvalue weighted by Crippen LogP contribution is 2.28. The maximum absolute atomic E-state index is 12.6. The van der Waals surface area contributed by atoms with E-state index in [-0.39, 0.29) is 11.2 Å². The molecule has 1 amide bonds. The summed E-state index contributed by atoms with van der Waals surface area (Å²) in [5.74, 6) is 1.71. The van der Waals surface area contributed by atoms with Gasteiger partial charge in [-0.3, -0.25) is 9.36 Å². The van der Waals surface area contributed by atoms with Crippen LogP contribution in [0, 0.1) is 20.8 Å². The third-order valence-electron chi connectivity index (χ3n) is 3.85. The zero-order valence-corrected chi connectivity index (χ0v) is 16.0. The molecule has 2 aromatic heterocycles. The van der Waals surface area contributed by atoms with E-state index in [0.717, 1.165) is 17.1 Å². The van der Waals surface area contributed by atoms with Gasteiger partial charge in [0.2, 0.25) is 5.91 Å². The topological polar surface area (TPSA) is 85.8 Å². The summed E-state index contributed by atoms with van der Waals surface area (Å²) in [6, 6.07) is 9.80. The summed E-state index contributed by atoms with van der Waals surface area (Å²) in [7, 11) is 0. The Morgan fingerprint density at radius 2 is 2.08 bits per heavy atom. The molecule has 0 aliphatic carbocycles. The van der Waals surface area contributed by atoms with Crippen LogP contribution in [0.15, 0.2) is 40.0 Å². The maximum atomic E-state index is 12.6. The third kappa shape index (κ3) is 3.96. The highest BCUT2D eigenvalue weighted by Gasteiger charge is 2.23. The molecule has 0 radical (unpaired) electrons. The van der Waals surface area contributed by atoms with E-state index >= 15 is 0 Å². The Labute approximate surface area is 156 Å². The first-order chi connectivity index (χ1) is 12.5. The molecule has 1 atom stereocenters. The van der Waals surface area contributed by atoms with Crippen LogP contribution in [0.4, 0.5) is 5.82 Å². The summed E-state index contributed by atoms with van der Waals surface area (Å²) in [5, 5.41) is 15.4. The summed E-state index contributed by atoms with van der Waals surface area (Å²) in [5.41, 5.74) is 2.13. The summed E-state index contributed by atoms with van der Waals surface area (Å²) in [4.78, 5) is 12.6. The average Bonchev–Trinajstić information content (AvgIpc) is 3.17. The Kier molecular flexibility index (Phi) is 5.41. The van der Waals surface area contributed by atoms with Crippen molar-refractivity contribution in [1.82, 2.24) is 19.9 Å². The molecular formula is C18H21N5O2S. The molecule has 1 unspecified atom stereocenters. The van der Waals surface area contributed by atoms with Crippen LogP contribution < -0.4 is 5.32 Å². The number of hydrogen-bond donors (Lipinski definition) is 1. The molecule has 1 aromatic carbocycles. The molecule has 7 nitrogen and oxygen atoms in total. The molecule has 0 fully saturated rings. The van der Waals surface area contributed by atoms with Gasteiger partial charge in [0.05, 0.1) is 5.25 Å².